The molecule has 0 spiro atoms. The first kappa shape index (κ1) is 33.7. The van der Waals surface area contributed by atoms with Crippen molar-refractivity contribution in [3.05, 3.63) is 95.8 Å². The van der Waals surface area contributed by atoms with E-state index in [1.807, 2.05) is 36.4 Å². The second kappa shape index (κ2) is 14.9. The Bertz CT molecular complexity index is 1550. The van der Waals surface area contributed by atoms with E-state index in [0.717, 1.165) is 36.8 Å². The number of nitrogens with one attached hydrogen (secondary N) is 2. The Morgan fingerprint density at radius 2 is 1.68 bits per heavy atom. The average molecular weight is 642 g/mol. The molecular formula is C36H43N5O6. The lowest BCUT2D eigenvalue weighted by molar-refractivity contribution is -0.141. The number of nitrogens with zero attached hydrogens (tertiary/aromatic N) is 3. The van der Waals surface area contributed by atoms with Gasteiger partial charge in [0.05, 0.1) is 0 Å². The molecule has 47 heavy (non-hydrogen) atoms. The summed E-state index contributed by atoms with van der Waals surface area (Å²) in [4.78, 5) is 58.4. The van der Waals surface area contributed by atoms with E-state index < -0.39 is 35.9 Å². The summed E-state index contributed by atoms with van der Waals surface area (Å²) in [5, 5.41) is 27.1. The summed E-state index contributed by atoms with van der Waals surface area (Å²) in [6, 6.07) is 18.4. The van der Waals surface area contributed by atoms with Crippen LogP contribution in [0.25, 0.3) is 0 Å². The van der Waals surface area contributed by atoms with Crippen molar-refractivity contribution < 1.29 is 29.4 Å². The molecule has 2 aromatic carbocycles. The molecule has 1 aromatic heterocycles. The van der Waals surface area contributed by atoms with E-state index in [1.165, 1.54) is 13.8 Å². The SMILES string of the molecule is CC(=O)NCCC1([C@H](O)NC(Cc2ccc(N3C(=O)[C@@H](Cc4cccnc4)N(C(C)=O)C3c3ccccc3)cc2)C(=O)O)CCCC1. The molecule has 2 aliphatic rings. The van der Waals surface area contributed by atoms with Crippen LogP contribution in [-0.2, 0) is 32.0 Å². The number of carboxylic acid groups (broad SMARTS) is 1. The molecule has 3 amide bonds. The Kier molecular flexibility index (Phi) is 10.7. The molecule has 2 fully saturated rings. The lowest BCUT2D eigenvalue weighted by atomic mass is 9.80. The van der Waals surface area contributed by atoms with Crippen LogP contribution in [0.5, 0.6) is 0 Å². The average Bonchev–Trinajstić information content (AvgIpc) is 3.65. The van der Waals surface area contributed by atoms with Crippen molar-refractivity contribution >= 4 is 29.4 Å². The van der Waals surface area contributed by atoms with Crippen LogP contribution in [-0.4, -0.2) is 68.6 Å². The van der Waals surface area contributed by atoms with E-state index in [0.29, 0.717) is 30.6 Å². The zero-order valence-electron chi connectivity index (χ0n) is 26.8. The molecule has 4 N–H and O–H groups in total. The fourth-order valence-corrected chi connectivity index (χ4v) is 7.06. The van der Waals surface area contributed by atoms with E-state index in [9.17, 15) is 29.4 Å². The van der Waals surface area contributed by atoms with Gasteiger partial charge in [-0.3, -0.25) is 34.4 Å². The molecule has 2 unspecified atom stereocenters. The first-order valence-electron chi connectivity index (χ1n) is 16.2. The molecular weight excluding hydrogens is 598 g/mol. The molecule has 2 heterocycles. The highest BCUT2D eigenvalue weighted by atomic mass is 16.4. The Labute approximate surface area is 275 Å². The number of carboxylic acids is 1. The highest BCUT2D eigenvalue weighted by Gasteiger charge is 2.48. The predicted molar refractivity (Wildman–Crippen MR) is 176 cm³/mol. The van der Waals surface area contributed by atoms with Crippen molar-refractivity contribution in [1.29, 1.82) is 0 Å². The number of pyridine rings is 1. The van der Waals surface area contributed by atoms with Gasteiger partial charge < -0.3 is 20.4 Å². The van der Waals surface area contributed by atoms with Gasteiger partial charge in [0.15, 0.2) is 0 Å². The van der Waals surface area contributed by atoms with Gasteiger partial charge in [0.25, 0.3) is 5.91 Å². The molecule has 1 aliphatic carbocycles. The maximum atomic E-state index is 14.1. The van der Waals surface area contributed by atoms with E-state index in [-0.39, 0.29) is 24.1 Å². The van der Waals surface area contributed by atoms with E-state index in [2.05, 4.69) is 15.6 Å². The van der Waals surface area contributed by atoms with Gasteiger partial charge in [-0.25, -0.2) is 0 Å². The quantitative estimate of drug-likeness (QED) is 0.207. The van der Waals surface area contributed by atoms with Crippen molar-refractivity contribution in [3.63, 3.8) is 0 Å². The number of rotatable bonds is 13. The highest BCUT2D eigenvalue weighted by molar-refractivity contribution is 6.03. The van der Waals surface area contributed by atoms with Gasteiger partial charge in [0, 0.05) is 50.3 Å². The molecule has 4 atom stereocenters. The maximum Gasteiger partial charge on any atom is 0.321 e. The number of carbonyl (C=O) groups is 4. The van der Waals surface area contributed by atoms with Crippen LogP contribution in [0, 0.1) is 5.41 Å². The lowest BCUT2D eigenvalue weighted by Gasteiger charge is -2.36. The molecule has 248 valence electrons. The molecule has 3 aromatic rings. The summed E-state index contributed by atoms with van der Waals surface area (Å²) in [7, 11) is 0. The Hall–Kier alpha value is -4.61. The third kappa shape index (κ3) is 7.69. The van der Waals surface area contributed by atoms with Crippen molar-refractivity contribution in [2.75, 3.05) is 11.4 Å². The predicted octanol–water partition coefficient (Wildman–Crippen LogP) is 3.58. The number of carbonyl (C=O) groups excluding carboxylic acids is 3. The van der Waals surface area contributed by atoms with Gasteiger partial charge in [-0.05, 0) is 60.6 Å². The number of hydrogen-bond acceptors (Lipinski definition) is 7. The van der Waals surface area contributed by atoms with Crippen LogP contribution in [0.3, 0.4) is 0 Å². The maximum absolute atomic E-state index is 14.1. The summed E-state index contributed by atoms with van der Waals surface area (Å²) in [6.45, 7) is 3.33. The van der Waals surface area contributed by atoms with E-state index in [1.54, 1.807) is 52.5 Å². The number of aliphatic carboxylic acids is 1. The monoisotopic (exact) mass is 641 g/mol. The third-order valence-corrected chi connectivity index (χ3v) is 9.47. The first-order chi connectivity index (χ1) is 22.6. The molecule has 1 saturated carbocycles. The fourth-order valence-electron chi connectivity index (χ4n) is 7.06. The minimum absolute atomic E-state index is 0.105. The summed E-state index contributed by atoms with van der Waals surface area (Å²) < 4.78 is 0. The van der Waals surface area contributed by atoms with Gasteiger partial charge in [-0.2, -0.15) is 0 Å². The van der Waals surface area contributed by atoms with Crippen LogP contribution in [0.15, 0.2) is 79.1 Å². The molecule has 1 aliphatic heterocycles. The van der Waals surface area contributed by atoms with Crippen LogP contribution < -0.4 is 15.5 Å². The lowest BCUT2D eigenvalue weighted by Crippen LogP contribution is -2.52. The molecule has 11 nitrogen and oxygen atoms in total. The second-order valence-electron chi connectivity index (χ2n) is 12.6. The van der Waals surface area contributed by atoms with Crippen LogP contribution >= 0.6 is 0 Å². The minimum atomic E-state index is -1.09. The number of aliphatic hydroxyl groups is 1. The summed E-state index contributed by atoms with van der Waals surface area (Å²) >= 11 is 0. The molecule has 1 saturated heterocycles. The zero-order chi connectivity index (χ0) is 33.6. The van der Waals surface area contributed by atoms with E-state index >= 15 is 0 Å². The van der Waals surface area contributed by atoms with Gasteiger partial charge in [-0.15, -0.1) is 0 Å². The molecule has 11 heteroatoms. The summed E-state index contributed by atoms with van der Waals surface area (Å²) in [5.41, 5.74) is 2.40. The van der Waals surface area contributed by atoms with Crippen molar-refractivity contribution in [3.8, 4) is 0 Å². The number of anilines is 1. The minimum Gasteiger partial charge on any atom is -0.480 e. The van der Waals surface area contributed by atoms with Gasteiger partial charge >= 0.3 is 5.97 Å². The van der Waals surface area contributed by atoms with Crippen molar-refractivity contribution in [2.45, 2.75) is 83.3 Å². The number of hydrogen-bond donors (Lipinski definition) is 4. The second-order valence-corrected chi connectivity index (χ2v) is 12.6. The normalized spacial score (nSPS) is 20.2. The zero-order valence-corrected chi connectivity index (χ0v) is 26.8. The van der Waals surface area contributed by atoms with Gasteiger partial charge in [-0.1, -0.05) is 61.4 Å². The van der Waals surface area contributed by atoms with Crippen molar-refractivity contribution in [1.82, 2.24) is 20.5 Å². The molecule has 0 radical (unpaired) electrons. The van der Waals surface area contributed by atoms with Crippen LogP contribution in [0.2, 0.25) is 0 Å². The Balaban J connectivity index is 1.37. The van der Waals surface area contributed by atoms with Crippen molar-refractivity contribution in [2.24, 2.45) is 5.41 Å². The largest absolute Gasteiger partial charge is 0.480 e. The Morgan fingerprint density at radius 1 is 0.979 bits per heavy atom. The number of aliphatic hydroxyl groups excluding tert-OH is 1. The number of aromatic nitrogens is 1. The topological polar surface area (TPSA) is 152 Å². The standard InChI is InChI=1S/C36H43N5O6/c1-24(42)38-20-18-36(16-6-7-17-36)35(47)39-30(34(45)46)21-26-12-14-29(15-13-26)41-32(28-10-4-3-5-11-28)40(25(2)43)31(33(41)44)22-27-9-8-19-37-23-27/h3-5,8-15,19,23,30-32,35,39,47H,6-7,16-18,20-22H2,1-2H3,(H,38,42)(H,45,46)/t30?,31-,32?,35+/m1/s1. The van der Waals surface area contributed by atoms with E-state index in [4.69, 9.17) is 0 Å². The Morgan fingerprint density at radius 3 is 2.28 bits per heavy atom. The smallest absolute Gasteiger partial charge is 0.321 e. The highest BCUT2D eigenvalue weighted by Crippen LogP contribution is 2.43. The van der Waals surface area contributed by atoms with Gasteiger partial charge in [0.2, 0.25) is 11.8 Å². The summed E-state index contributed by atoms with van der Waals surface area (Å²) in [5.74, 6) is -1.68. The first-order valence-corrected chi connectivity index (χ1v) is 16.2. The molecule has 0 bridgehead atoms. The van der Waals surface area contributed by atoms with Crippen LogP contribution in [0.1, 0.15) is 68.8 Å². The number of amides is 3. The third-order valence-electron chi connectivity index (χ3n) is 9.47. The van der Waals surface area contributed by atoms with Gasteiger partial charge in [0.1, 0.15) is 24.5 Å². The molecule has 5 rings (SSSR count). The number of benzene rings is 2. The van der Waals surface area contributed by atoms with Crippen LogP contribution in [0.4, 0.5) is 5.69 Å². The fraction of sp³-hybridized carbons (Fsp3) is 0.417. The summed E-state index contributed by atoms with van der Waals surface area (Å²) in [6.07, 6.45) is 5.95.